The average molecular weight is 339 g/mol. The molecule has 0 fully saturated rings. The van der Waals surface area contributed by atoms with Crippen molar-refractivity contribution in [3.63, 3.8) is 0 Å². The summed E-state index contributed by atoms with van der Waals surface area (Å²) in [5.41, 5.74) is 4.41. The van der Waals surface area contributed by atoms with E-state index in [1.54, 1.807) is 37.3 Å². The number of hydrazone groups is 1. The van der Waals surface area contributed by atoms with Crippen molar-refractivity contribution in [2.75, 3.05) is 0 Å². The van der Waals surface area contributed by atoms with Crippen LogP contribution in [0.1, 0.15) is 18.1 Å². The van der Waals surface area contributed by atoms with E-state index in [-0.39, 0.29) is 18.1 Å². The summed E-state index contributed by atoms with van der Waals surface area (Å²) in [7, 11) is 0. The number of rotatable bonds is 4. The summed E-state index contributed by atoms with van der Waals surface area (Å²) in [5.74, 6) is -0.633. The van der Waals surface area contributed by atoms with Crippen molar-refractivity contribution >= 4 is 34.8 Å². The Balaban J connectivity index is 2.00. The first kappa shape index (κ1) is 16.5. The fraction of sp³-hybridized carbons (Fsp3) is 0.125. The van der Waals surface area contributed by atoms with Crippen LogP contribution >= 0.6 is 23.2 Å². The van der Waals surface area contributed by atoms with Gasteiger partial charge in [0.15, 0.2) is 0 Å². The van der Waals surface area contributed by atoms with Gasteiger partial charge in [0.2, 0.25) is 5.91 Å². The van der Waals surface area contributed by atoms with Gasteiger partial charge in [0.1, 0.15) is 5.82 Å². The lowest BCUT2D eigenvalue weighted by Crippen LogP contribution is -2.21. The maximum Gasteiger partial charge on any atom is 0.244 e. The smallest absolute Gasteiger partial charge is 0.244 e. The maximum atomic E-state index is 12.8. The second-order valence-electron chi connectivity index (χ2n) is 4.66. The molecule has 0 atom stereocenters. The standard InChI is InChI=1S/C16H13Cl2FN2O/c1-10(14-7-4-12(17)9-15(14)18)20-21-16(22)8-11-2-5-13(19)6-3-11/h2-7,9H,8H2,1H3,(H,21,22)/b20-10-. The Kier molecular flexibility index (Phi) is 5.52. The number of benzene rings is 2. The van der Waals surface area contributed by atoms with Crippen molar-refractivity contribution in [2.45, 2.75) is 13.3 Å². The first-order chi connectivity index (χ1) is 10.5. The van der Waals surface area contributed by atoms with Crippen LogP contribution in [0.5, 0.6) is 0 Å². The third-order valence-electron chi connectivity index (χ3n) is 2.95. The number of carbonyl (C=O) groups excluding carboxylic acids is 1. The molecule has 22 heavy (non-hydrogen) atoms. The Labute approximate surface area is 137 Å². The van der Waals surface area contributed by atoms with Gasteiger partial charge in [-0.3, -0.25) is 4.79 Å². The van der Waals surface area contributed by atoms with Gasteiger partial charge in [0, 0.05) is 10.6 Å². The van der Waals surface area contributed by atoms with Crippen LogP contribution in [-0.4, -0.2) is 11.6 Å². The third kappa shape index (κ3) is 4.55. The Morgan fingerprint density at radius 1 is 1.18 bits per heavy atom. The quantitative estimate of drug-likeness (QED) is 0.658. The summed E-state index contributed by atoms with van der Waals surface area (Å²) in [4.78, 5) is 11.8. The van der Waals surface area contributed by atoms with Gasteiger partial charge in [-0.2, -0.15) is 5.10 Å². The van der Waals surface area contributed by atoms with Gasteiger partial charge < -0.3 is 0 Å². The van der Waals surface area contributed by atoms with Crippen LogP contribution in [-0.2, 0) is 11.2 Å². The van der Waals surface area contributed by atoms with Gasteiger partial charge in [0.05, 0.1) is 17.2 Å². The van der Waals surface area contributed by atoms with Crippen LogP contribution in [0.15, 0.2) is 47.6 Å². The summed E-state index contributed by atoms with van der Waals surface area (Å²) >= 11 is 11.9. The molecule has 0 saturated heterocycles. The number of amides is 1. The molecule has 0 aliphatic carbocycles. The van der Waals surface area contributed by atoms with E-state index in [1.807, 2.05) is 0 Å². The van der Waals surface area contributed by atoms with Crippen LogP contribution in [0, 0.1) is 5.82 Å². The highest BCUT2D eigenvalue weighted by Gasteiger charge is 2.06. The van der Waals surface area contributed by atoms with Gasteiger partial charge in [-0.15, -0.1) is 0 Å². The van der Waals surface area contributed by atoms with Crippen LogP contribution in [0.3, 0.4) is 0 Å². The van der Waals surface area contributed by atoms with Crippen LogP contribution in [0.2, 0.25) is 10.0 Å². The molecule has 0 unspecified atom stereocenters. The average Bonchev–Trinajstić information content (AvgIpc) is 2.47. The summed E-state index contributed by atoms with van der Waals surface area (Å²) < 4.78 is 12.8. The Hall–Kier alpha value is -1.91. The molecule has 2 aromatic carbocycles. The number of halogens is 3. The summed E-state index contributed by atoms with van der Waals surface area (Å²) in [6.07, 6.45) is 0.116. The zero-order chi connectivity index (χ0) is 16.1. The minimum absolute atomic E-state index is 0.116. The van der Waals surface area contributed by atoms with E-state index in [0.29, 0.717) is 26.9 Å². The second kappa shape index (κ2) is 7.38. The van der Waals surface area contributed by atoms with E-state index >= 15 is 0 Å². The van der Waals surface area contributed by atoms with E-state index < -0.39 is 0 Å². The number of carbonyl (C=O) groups is 1. The lowest BCUT2D eigenvalue weighted by Gasteiger charge is -2.05. The zero-order valence-corrected chi connectivity index (χ0v) is 13.2. The predicted octanol–water partition coefficient (Wildman–Crippen LogP) is 4.22. The van der Waals surface area contributed by atoms with E-state index in [2.05, 4.69) is 10.5 Å². The maximum absolute atomic E-state index is 12.8. The highest BCUT2D eigenvalue weighted by atomic mass is 35.5. The van der Waals surface area contributed by atoms with Crippen molar-refractivity contribution < 1.29 is 9.18 Å². The predicted molar refractivity (Wildman–Crippen MR) is 86.9 cm³/mol. The van der Waals surface area contributed by atoms with Crippen molar-refractivity contribution in [3.05, 3.63) is 69.5 Å². The molecule has 1 N–H and O–H groups in total. The van der Waals surface area contributed by atoms with E-state index in [4.69, 9.17) is 23.2 Å². The van der Waals surface area contributed by atoms with Gasteiger partial charge in [0.25, 0.3) is 0 Å². The van der Waals surface area contributed by atoms with Crippen molar-refractivity contribution in [2.24, 2.45) is 5.10 Å². The van der Waals surface area contributed by atoms with Crippen molar-refractivity contribution in [3.8, 4) is 0 Å². The lowest BCUT2D eigenvalue weighted by atomic mass is 10.1. The molecule has 0 bridgehead atoms. The largest absolute Gasteiger partial charge is 0.273 e. The number of hydrogen-bond donors (Lipinski definition) is 1. The van der Waals surface area contributed by atoms with E-state index in [1.165, 1.54) is 12.1 Å². The molecule has 1 amide bonds. The molecule has 0 aliphatic rings. The Morgan fingerprint density at radius 3 is 2.50 bits per heavy atom. The molecular formula is C16H13Cl2FN2O. The first-order valence-corrected chi connectivity index (χ1v) is 7.24. The van der Waals surface area contributed by atoms with Gasteiger partial charge >= 0.3 is 0 Å². The minimum atomic E-state index is -0.338. The normalized spacial score (nSPS) is 11.4. The van der Waals surface area contributed by atoms with E-state index in [0.717, 1.165) is 0 Å². The van der Waals surface area contributed by atoms with Crippen molar-refractivity contribution in [1.29, 1.82) is 0 Å². The summed E-state index contributed by atoms with van der Waals surface area (Å²) in [6, 6.07) is 10.8. The molecule has 0 spiro atoms. The number of hydrogen-bond acceptors (Lipinski definition) is 2. The molecule has 0 radical (unpaired) electrons. The minimum Gasteiger partial charge on any atom is -0.273 e. The Bertz CT molecular complexity index is 715. The third-order valence-corrected chi connectivity index (χ3v) is 3.49. The first-order valence-electron chi connectivity index (χ1n) is 6.48. The molecule has 2 rings (SSSR count). The van der Waals surface area contributed by atoms with E-state index in [9.17, 15) is 9.18 Å². The van der Waals surface area contributed by atoms with Crippen LogP contribution < -0.4 is 5.43 Å². The highest BCUT2D eigenvalue weighted by Crippen LogP contribution is 2.21. The zero-order valence-electron chi connectivity index (χ0n) is 11.7. The molecule has 0 aromatic heterocycles. The van der Waals surface area contributed by atoms with Crippen LogP contribution in [0.25, 0.3) is 0 Å². The molecule has 2 aromatic rings. The molecule has 0 saturated carbocycles. The molecule has 114 valence electrons. The van der Waals surface area contributed by atoms with Crippen molar-refractivity contribution in [1.82, 2.24) is 5.43 Å². The summed E-state index contributed by atoms with van der Waals surface area (Å²) in [5, 5.41) is 5.00. The lowest BCUT2D eigenvalue weighted by molar-refractivity contribution is -0.120. The second-order valence-corrected chi connectivity index (χ2v) is 5.50. The highest BCUT2D eigenvalue weighted by molar-refractivity contribution is 6.37. The number of nitrogens with one attached hydrogen (secondary N) is 1. The number of nitrogens with zero attached hydrogens (tertiary/aromatic N) is 1. The van der Waals surface area contributed by atoms with Crippen LogP contribution in [0.4, 0.5) is 4.39 Å². The SMILES string of the molecule is C/C(=N/NC(=O)Cc1ccc(F)cc1)c1ccc(Cl)cc1Cl. The summed E-state index contributed by atoms with van der Waals surface area (Å²) in [6.45, 7) is 1.73. The fourth-order valence-electron chi connectivity index (χ4n) is 1.82. The van der Waals surface area contributed by atoms with Gasteiger partial charge in [-0.1, -0.05) is 41.4 Å². The molecule has 6 heteroatoms. The van der Waals surface area contributed by atoms with Gasteiger partial charge in [-0.05, 0) is 36.8 Å². The molecular weight excluding hydrogens is 326 g/mol. The Morgan fingerprint density at radius 2 is 1.86 bits per heavy atom. The molecule has 0 aliphatic heterocycles. The topological polar surface area (TPSA) is 41.5 Å². The van der Waals surface area contributed by atoms with Gasteiger partial charge in [-0.25, -0.2) is 9.82 Å². The molecule has 3 nitrogen and oxygen atoms in total. The molecule has 0 heterocycles. The monoisotopic (exact) mass is 338 g/mol. The fourth-order valence-corrected chi connectivity index (χ4v) is 2.36.